The van der Waals surface area contributed by atoms with Gasteiger partial charge in [0.2, 0.25) is 10.0 Å². The number of rotatable bonds is 7. The Morgan fingerprint density at radius 1 is 1.19 bits per heavy atom. The van der Waals surface area contributed by atoms with E-state index in [1.807, 2.05) is 0 Å². The van der Waals surface area contributed by atoms with E-state index in [1.165, 1.54) is 24.3 Å². The second-order valence-electron chi connectivity index (χ2n) is 7.68. The Bertz CT molecular complexity index is 737. The molecule has 8 heteroatoms. The molecule has 27 heavy (non-hydrogen) atoms. The van der Waals surface area contributed by atoms with E-state index in [2.05, 4.69) is 42.6 Å². The third-order valence-electron chi connectivity index (χ3n) is 4.72. The van der Waals surface area contributed by atoms with Crippen molar-refractivity contribution in [3.8, 4) is 0 Å². The zero-order valence-corrected chi connectivity index (χ0v) is 17.6. The molecule has 1 aliphatic rings. The molecule has 1 aromatic carbocycles. The molecule has 1 saturated heterocycles. The molecule has 0 saturated carbocycles. The standard InChI is InChI=1S/C19H31N3O4S/c1-6-21-27(24,25)17-9-7-16(8-10-17)18(23)20-13-19(4,5)22-11-14(2)26-15(3)12-22/h7-10,14-15,21H,6,11-13H2,1-5H3,(H,20,23). The number of morpholine rings is 1. The Kier molecular flexibility index (Phi) is 7.02. The van der Waals surface area contributed by atoms with Gasteiger partial charge in [-0.2, -0.15) is 0 Å². The summed E-state index contributed by atoms with van der Waals surface area (Å²) in [5.41, 5.74) is 0.223. The van der Waals surface area contributed by atoms with Crippen LogP contribution in [0.5, 0.6) is 0 Å². The van der Waals surface area contributed by atoms with Gasteiger partial charge in [-0.3, -0.25) is 9.69 Å². The number of carbonyl (C=O) groups excluding carboxylic acids is 1. The van der Waals surface area contributed by atoms with E-state index in [0.29, 0.717) is 18.7 Å². The van der Waals surface area contributed by atoms with Crippen molar-refractivity contribution in [3.05, 3.63) is 29.8 Å². The van der Waals surface area contributed by atoms with E-state index in [0.717, 1.165) is 13.1 Å². The lowest BCUT2D eigenvalue weighted by atomic mass is 10.00. The van der Waals surface area contributed by atoms with Gasteiger partial charge in [0.15, 0.2) is 0 Å². The van der Waals surface area contributed by atoms with Gasteiger partial charge in [0.05, 0.1) is 17.1 Å². The van der Waals surface area contributed by atoms with Gasteiger partial charge in [0, 0.05) is 37.3 Å². The highest BCUT2D eigenvalue weighted by Crippen LogP contribution is 2.21. The van der Waals surface area contributed by atoms with Crippen LogP contribution >= 0.6 is 0 Å². The van der Waals surface area contributed by atoms with Crippen LogP contribution in [0.25, 0.3) is 0 Å². The molecule has 0 aliphatic carbocycles. The molecule has 2 rings (SSSR count). The lowest BCUT2D eigenvalue weighted by Crippen LogP contribution is -2.58. The van der Waals surface area contributed by atoms with Crippen LogP contribution in [0.1, 0.15) is 45.0 Å². The maximum Gasteiger partial charge on any atom is 0.251 e. The van der Waals surface area contributed by atoms with E-state index in [9.17, 15) is 13.2 Å². The fourth-order valence-corrected chi connectivity index (χ4v) is 4.28. The molecule has 1 aliphatic heterocycles. The molecule has 0 radical (unpaired) electrons. The number of sulfonamides is 1. The van der Waals surface area contributed by atoms with Gasteiger partial charge in [-0.25, -0.2) is 13.1 Å². The van der Waals surface area contributed by atoms with E-state index >= 15 is 0 Å². The van der Waals surface area contributed by atoms with E-state index < -0.39 is 10.0 Å². The van der Waals surface area contributed by atoms with Crippen molar-refractivity contribution in [1.29, 1.82) is 0 Å². The summed E-state index contributed by atoms with van der Waals surface area (Å²) in [5.74, 6) is -0.218. The molecule has 1 amide bonds. The van der Waals surface area contributed by atoms with Crippen LogP contribution in [-0.4, -0.2) is 63.2 Å². The van der Waals surface area contributed by atoms with Gasteiger partial charge >= 0.3 is 0 Å². The Hall–Kier alpha value is -1.48. The van der Waals surface area contributed by atoms with Crippen LogP contribution in [0.3, 0.4) is 0 Å². The van der Waals surface area contributed by atoms with Gasteiger partial charge in [0.25, 0.3) is 5.91 Å². The molecular formula is C19H31N3O4S. The molecular weight excluding hydrogens is 366 g/mol. The van der Waals surface area contributed by atoms with Crippen LogP contribution in [-0.2, 0) is 14.8 Å². The first-order valence-corrected chi connectivity index (χ1v) is 10.8. The summed E-state index contributed by atoms with van der Waals surface area (Å²) < 4.78 is 32.2. The van der Waals surface area contributed by atoms with Gasteiger partial charge < -0.3 is 10.1 Å². The van der Waals surface area contributed by atoms with Gasteiger partial charge in [-0.1, -0.05) is 6.92 Å². The summed E-state index contributed by atoms with van der Waals surface area (Å²) in [4.78, 5) is 15.0. The SMILES string of the molecule is CCNS(=O)(=O)c1ccc(C(=O)NCC(C)(C)N2CC(C)OC(C)C2)cc1. The lowest BCUT2D eigenvalue weighted by Gasteiger charge is -2.45. The van der Waals surface area contributed by atoms with E-state index in [4.69, 9.17) is 4.74 Å². The first-order chi connectivity index (χ1) is 12.5. The summed E-state index contributed by atoms with van der Waals surface area (Å²) in [6, 6.07) is 5.96. The van der Waals surface area contributed by atoms with Crippen molar-refractivity contribution >= 4 is 15.9 Å². The monoisotopic (exact) mass is 397 g/mol. The summed E-state index contributed by atoms with van der Waals surface area (Å²) in [5, 5.41) is 2.96. The highest BCUT2D eigenvalue weighted by atomic mass is 32.2. The van der Waals surface area contributed by atoms with Crippen molar-refractivity contribution in [2.24, 2.45) is 0 Å². The number of hydrogen-bond donors (Lipinski definition) is 2. The third-order valence-corrected chi connectivity index (χ3v) is 6.28. The highest BCUT2D eigenvalue weighted by Gasteiger charge is 2.33. The first kappa shape index (κ1) is 21.8. The van der Waals surface area contributed by atoms with Gasteiger partial charge in [0.1, 0.15) is 0 Å². The summed E-state index contributed by atoms with van der Waals surface area (Å²) in [7, 11) is -3.51. The summed E-state index contributed by atoms with van der Waals surface area (Å²) >= 11 is 0. The van der Waals surface area contributed by atoms with Crippen LogP contribution in [0.15, 0.2) is 29.2 Å². The van der Waals surface area contributed by atoms with Gasteiger partial charge in [-0.05, 0) is 52.0 Å². The maximum absolute atomic E-state index is 12.5. The zero-order valence-electron chi connectivity index (χ0n) is 16.8. The van der Waals surface area contributed by atoms with Crippen LogP contribution < -0.4 is 10.0 Å². The molecule has 1 aromatic rings. The quantitative estimate of drug-likeness (QED) is 0.730. The number of benzene rings is 1. The number of hydrogen-bond acceptors (Lipinski definition) is 5. The summed E-state index contributed by atoms with van der Waals surface area (Å²) in [6.45, 7) is 12.5. The van der Waals surface area contributed by atoms with Crippen molar-refractivity contribution in [1.82, 2.24) is 14.9 Å². The first-order valence-electron chi connectivity index (χ1n) is 9.33. The Balaban J connectivity index is 1.98. The van der Waals surface area contributed by atoms with Crippen molar-refractivity contribution in [2.45, 2.75) is 57.3 Å². The average Bonchev–Trinajstić information content (AvgIpc) is 2.59. The number of carbonyl (C=O) groups is 1. The van der Waals surface area contributed by atoms with Crippen molar-refractivity contribution < 1.29 is 17.9 Å². The average molecular weight is 398 g/mol. The number of nitrogens with one attached hydrogen (secondary N) is 2. The molecule has 2 unspecified atom stereocenters. The molecule has 2 atom stereocenters. The fraction of sp³-hybridized carbons (Fsp3) is 0.632. The topological polar surface area (TPSA) is 87.7 Å². The Labute approximate surface area is 162 Å². The smallest absolute Gasteiger partial charge is 0.251 e. The predicted octanol–water partition coefficient (Wildman–Crippen LogP) is 1.60. The van der Waals surface area contributed by atoms with Crippen molar-refractivity contribution in [2.75, 3.05) is 26.2 Å². The number of ether oxygens (including phenoxy) is 1. The number of amides is 1. The molecule has 1 heterocycles. The van der Waals surface area contributed by atoms with E-state index in [-0.39, 0.29) is 28.5 Å². The maximum atomic E-state index is 12.5. The van der Waals surface area contributed by atoms with Gasteiger partial charge in [-0.15, -0.1) is 0 Å². The third kappa shape index (κ3) is 5.75. The van der Waals surface area contributed by atoms with Crippen molar-refractivity contribution in [3.63, 3.8) is 0 Å². The minimum absolute atomic E-state index is 0.150. The zero-order chi connectivity index (χ0) is 20.2. The molecule has 0 spiro atoms. The van der Waals surface area contributed by atoms with Crippen LogP contribution in [0, 0.1) is 0 Å². The minimum atomic E-state index is -3.51. The normalized spacial score (nSPS) is 21.8. The second-order valence-corrected chi connectivity index (χ2v) is 9.45. The Morgan fingerprint density at radius 3 is 2.26 bits per heavy atom. The van der Waals surface area contributed by atoms with Crippen LogP contribution in [0.4, 0.5) is 0 Å². The van der Waals surface area contributed by atoms with E-state index in [1.54, 1.807) is 6.92 Å². The lowest BCUT2D eigenvalue weighted by molar-refractivity contribution is -0.0948. The minimum Gasteiger partial charge on any atom is -0.373 e. The molecule has 0 bridgehead atoms. The fourth-order valence-electron chi connectivity index (χ4n) is 3.24. The summed E-state index contributed by atoms with van der Waals surface area (Å²) in [6.07, 6.45) is 0.324. The number of nitrogens with zero attached hydrogens (tertiary/aromatic N) is 1. The molecule has 1 fully saturated rings. The molecule has 7 nitrogen and oxygen atoms in total. The molecule has 152 valence electrons. The largest absolute Gasteiger partial charge is 0.373 e. The van der Waals surface area contributed by atoms with Crippen LogP contribution in [0.2, 0.25) is 0 Å². The molecule has 0 aromatic heterocycles. The Morgan fingerprint density at radius 2 is 1.74 bits per heavy atom. The second kappa shape index (κ2) is 8.68. The molecule has 2 N–H and O–H groups in total. The predicted molar refractivity (Wildman–Crippen MR) is 105 cm³/mol. The highest BCUT2D eigenvalue weighted by molar-refractivity contribution is 7.89.